The van der Waals surface area contributed by atoms with Gasteiger partial charge in [-0.2, -0.15) is 0 Å². The summed E-state index contributed by atoms with van der Waals surface area (Å²) in [5.74, 6) is 0. The van der Waals surface area contributed by atoms with Gasteiger partial charge in [0.25, 0.3) is 0 Å². The van der Waals surface area contributed by atoms with Crippen LogP contribution in [0.5, 0.6) is 0 Å². The predicted octanol–water partition coefficient (Wildman–Crippen LogP) is 15.1. The van der Waals surface area contributed by atoms with Crippen molar-refractivity contribution in [3.05, 3.63) is 218 Å². The molecule has 0 saturated heterocycles. The van der Waals surface area contributed by atoms with Crippen LogP contribution in [0.15, 0.2) is 218 Å². The third-order valence-corrected chi connectivity index (χ3v) is 12.6. The van der Waals surface area contributed by atoms with E-state index in [9.17, 15) is 0 Å². The Hall–Kier alpha value is -8.21. The van der Waals surface area contributed by atoms with E-state index in [1.54, 1.807) is 0 Å². The molecule has 0 spiro atoms. The van der Waals surface area contributed by atoms with Crippen molar-refractivity contribution in [2.24, 2.45) is 0 Å². The van der Waals surface area contributed by atoms with E-state index in [-0.39, 0.29) is 0 Å². The fourth-order valence-corrected chi connectivity index (χ4v) is 9.96. The molecule has 0 unspecified atom stereocenters. The lowest BCUT2D eigenvalue weighted by molar-refractivity contribution is 1.13. The van der Waals surface area contributed by atoms with Gasteiger partial charge in [-0.1, -0.05) is 152 Å². The van der Waals surface area contributed by atoms with Crippen LogP contribution >= 0.6 is 0 Å². The summed E-state index contributed by atoms with van der Waals surface area (Å²) in [7, 11) is 0. The van der Waals surface area contributed by atoms with Gasteiger partial charge in [-0.05, 0) is 89.0 Å². The molecule has 4 aromatic heterocycles. The zero-order chi connectivity index (χ0) is 40.0. The number of para-hydroxylation sites is 4. The van der Waals surface area contributed by atoms with Gasteiger partial charge in [0.05, 0.1) is 39.3 Å². The molecule has 0 radical (unpaired) electrons. The Morgan fingerprint density at radius 3 is 1.77 bits per heavy atom. The molecule has 1 aliphatic rings. The van der Waals surface area contributed by atoms with Crippen molar-refractivity contribution < 1.29 is 0 Å². The molecule has 0 bridgehead atoms. The van der Waals surface area contributed by atoms with E-state index in [4.69, 9.17) is 4.98 Å². The summed E-state index contributed by atoms with van der Waals surface area (Å²) in [4.78, 5) is 7.58. The maximum absolute atomic E-state index is 5.13. The van der Waals surface area contributed by atoms with E-state index in [1.807, 2.05) is 0 Å². The molecule has 0 fully saturated rings. The first-order valence-corrected chi connectivity index (χ1v) is 20.9. The Balaban J connectivity index is 0.960. The van der Waals surface area contributed by atoms with Crippen LogP contribution in [0.25, 0.3) is 99.9 Å². The second-order valence-corrected chi connectivity index (χ2v) is 16.0. The number of fused-ring (bicyclic) bond motifs is 10. The van der Waals surface area contributed by atoms with Crippen LogP contribution < -0.4 is 4.90 Å². The second-order valence-electron chi connectivity index (χ2n) is 16.0. The standard InChI is InChI=1S/C57H36N4/c1-3-16-37(17-4-1)55-57-48-36-41(32-33-44(48)49-30-15-31-53(58-55)61(49)57)39-19-13-18-38(34-39)40-20-14-23-43(35-40)59-50-27-10-7-24-45(50)54-46-25-8-11-28-51(46)60(42-21-5-2-6-22-42)56(54)47-26-9-12-29-52(47)59/h1-36H. The molecule has 0 atom stereocenters. The summed E-state index contributed by atoms with van der Waals surface area (Å²) in [6.45, 7) is 0. The highest BCUT2D eigenvalue weighted by Gasteiger charge is 2.31. The molecular weight excluding hydrogens is 741 g/mol. The molecular formula is C57H36N4. The van der Waals surface area contributed by atoms with Crippen LogP contribution in [0, 0.1) is 0 Å². The normalized spacial score (nSPS) is 12.2. The van der Waals surface area contributed by atoms with Crippen LogP contribution in [-0.2, 0) is 0 Å². The molecule has 1 aliphatic heterocycles. The second kappa shape index (κ2) is 13.2. The van der Waals surface area contributed by atoms with E-state index in [2.05, 4.69) is 232 Å². The highest BCUT2D eigenvalue weighted by Crippen LogP contribution is 2.54. The van der Waals surface area contributed by atoms with Crippen LogP contribution in [0.3, 0.4) is 0 Å². The number of pyridine rings is 1. The van der Waals surface area contributed by atoms with Gasteiger partial charge < -0.3 is 9.47 Å². The number of anilines is 3. The number of benzene rings is 8. The number of rotatable bonds is 5. The third-order valence-electron chi connectivity index (χ3n) is 12.6. The Labute approximate surface area is 352 Å². The van der Waals surface area contributed by atoms with Crippen molar-refractivity contribution >= 4 is 55.4 Å². The average molecular weight is 777 g/mol. The quantitative estimate of drug-likeness (QED) is 0.174. The predicted molar refractivity (Wildman–Crippen MR) is 254 cm³/mol. The van der Waals surface area contributed by atoms with Crippen molar-refractivity contribution in [1.82, 2.24) is 14.0 Å². The van der Waals surface area contributed by atoms with E-state index in [1.165, 1.54) is 66.3 Å². The van der Waals surface area contributed by atoms with Gasteiger partial charge in [0.15, 0.2) is 0 Å². The monoisotopic (exact) mass is 776 g/mol. The summed E-state index contributed by atoms with van der Waals surface area (Å²) >= 11 is 0. The van der Waals surface area contributed by atoms with Crippen LogP contribution in [0.2, 0.25) is 0 Å². The van der Waals surface area contributed by atoms with Crippen molar-refractivity contribution in [2.45, 2.75) is 0 Å². The van der Waals surface area contributed by atoms with Crippen molar-refractivity contribution in [3.8, 4) is 61.6 Å². The minimum Gasteiger partial charge on any atom is -0.309 e. The van der Waals surface area contributed by atoms with Crippen molar-refractivity contribution in [2.75, 3.05) is 4.90 Å². The van der Waals surface area contributed by atoms with Crippen LogP contribution in [0.4, 0.5) is 17.1 Å². The van der Waals surface area contributed by atoms with E-state index in [0.717, 1.165) is 50.7 Å². The molecule has 0 amide bonds. The largest absolute Gasteiger partial charge is 0.309 e. The lowest BCUT2D eigenvalue weighted by Crippen LogP contribution is -2.11. The molecule has 0 saturated carbocycles. The first kappa shape index (κ1) is 33.7. The first-order valence-electron chi connectivity index (χ1n) is 20.9. The Morgan fingerprint density at radius 2 is 0.951 bits per heavy atom. The summed E-state index contributed by atoms with van der Waals surface area (Å²) < 4.78 is 4.77. The topological polar surface area (TPSA) is 25.5 Å². The van der Waals surface area contributed by atoms with Gasteiger partial charge >= 0.3 is 0 Å². The molecule has 4 nitrogen and oxygen atoms in total. The molecule has 61 heavy (non-hydrogen) atoms. The lowest BCUT2D eigenvalue weighted by atomic mass is 9.97. The molecule has 12 aromatic rings. The zero-order valence-electron chi connectivity index (χ0n) is 33.1. The summed E-state index contributed by atoms with van der Waals surface area (Å²) in [5, 5.41) is 3.69. The zero-order valence-corrected chi connectivity index (χ0v) is 33.1. The Bertz CT molecular complexity index is 3650. The maximum Gasteiger partial charge on any atom is 0.138 e. The molecule has 0 N–H and O–H groups in total. The molecule has 8 aromatic carbocycles. The fourth-order valence-electron chi connectivity index (χ4n) is 9.96. The SMILES string of the molecule is c1ccc(-c2nc3cccc4c5ccc(-c6cccc(-c7cccc(N8c9ccccc9-c9c(n(-c%10ccccc%10)c%10ccccc9%10)-c9ccccc98)c7)c6)cc5c2n34)cc1. The molecule has 5 heterocycles. The highest BCUT2D eigenvalue weighted by molar-refractivity contribution is 6.15. The number of hydrogen-bond donors (Lipinski definition) is 0. The Morgan fingerprint density at radius 1 is 0.361 bits per heavy atom. The van der Waals surface area contributed by atoms with Crippen molar-refractivity contribution in [1.29, 1.82) is 0 Å². The number of aromatic nitrogens is 3. The fraction of sp³-hybridized carbons (Fsp3) is 0. The van der Waals surface area contributed by atoms with Crippen LogP contribution in [-0.4, -0.2) is 14.0 Å². The van der Waals surface area contributed by atoms with Crippen LogP contribution in [0.1, 0.15) is 0 Å². The highest BCUT2D eigenvalue weighted by atomic mass is 15.2. The third kappa shape index (κ3) is 5.03. The minimum absolute atomic E-state index is 0.972. The van der Waals surface area contributed by atoms with E-state index >= 15 is 0 Å². The van der Waals surface area contributed by atoms with Crippen molar-refractivity contribution in [3.63, 3.8) is 0 Å². The maximum atomic E-state index is 5.13. The van der Waals surface area contributed by atoms with Gasteiger partial charge in [-0.3, -0.25) is 4.40 Å². The van der Waals surface area contributed by atoms with Gasteiger partial charge in [-0.15, -0.1) is 0 Å². The number of nitrogens with zero attached hydrogens (tertiary/aromatic N) is 4. The summed E-state index contributed by atoms with van der Waals surface area (Å²) in [5.41, 5.74) is 20.7. The molecule has 0 aliphatic carbocycles. The molecule has 4 heteroatoms. The van der Waals surface area contributed by atoms with Gasteiger partial charge in [-0.25, -0.2) is 4.98 Å². The summed E-state index contributed by atoms with van der Waals surface area (Å²) in [6, 6.07) is 79.2. The van der Waals surface area contributed by atoms with Gasteiger partial charge in [0.2, 0.25) is 0 Å². The first-order chi connectivity index (χ1) is 30.3. The van der Waals surface area contributed by atoms with E-state index < -0.39 is 0 Å². The average Bonchev–Trinajstić information content (AvgIpc) is 3.98. The number of hydrogen-bond acceptors (Lipinski definition) is 2. The number of imidazole rings is 1. The molecule has 284 valence electrons. The summed E-state index contributed by atoms with van der Waals surface area (Å²) in [6.07, 6.45) is 0. The smallest absolute Gasteiger partial charge is 0.138 e. The minimum atomic E-state index is 0.972. The van der Waals surface area contributed by atoms with Gasteiger partial charge in [0, 0.05) is 49.8 Å². The lowest BCUT2D eigenvalue weighted by Gasteiger charge is -2.28. The van der Waals surface area contributed by atoms with Gasteiger partial charge in [0.1, 0.15) is 5.65 Å². The Kier molecular flexibility index (Phi) is 7.27. The van der Waals surface area contributed by atoms with E-state index in [0.29, 0.717) is 0 Å². The molecule has 13 rings (SSSR count).